The average molecular weight is 284 g/mol. The fourth-order valence-corrected chi connectivity index (χ4v) is 3.22. The Balaban J connectivity index is 1.72. The lowest BCUT2D eigenvalue weighted by atomic mass is 9.90. The molecule has 0 bridgehead atoms. The smallest absolute Gasteiger partial charge is 0.225 e. The van der Waals surface area contributed by atoms with Crippen LogP contribution in [0.5, 0.6) is 0 Å². The highest BCUT2D eigenvalue weighted by molar-refractivity contribution is 5.76. The lowest BCUT2D eigenvalue weighted by molar-refractivity contribution is -0.138. The van der Waals surface area contributed by atoms with E-state index in [0.717, 1.165) is 39.0 Å². The lowest BCUT2D eigenvalue weighted by Crippen LogP contribution is -2.51. The molecule has 0 spiro atoms. The second-order valence-electron chi connectivity index (χ2n) is 5.94. The maximum Gasteiger partial charge on any atom is 0.225 e. The van der Waals surface area contributed by atoms with Crippen LogP contribution in [0.15, 0.2) is 0 Å². The molecule has 2 N–H and O–H groups in total. The summed E-state index contributed by atoms with van der Waals surface area (Å²) in [7, 11) is 0. The Labute approximate surface area is 121 Å². The predicted molar refractivity (Wildman–Crippen MR) is 77.4 cm³/mol. The molecule has 5 nitrogen and oxygen atoms in total. The summed E-state index contributed by atoms with van der Waals surface area (Å²) in [4.78, 5) is 14.3. The number of nitrogens with zero attached hydrogens (tertiary/aromatic N) is 1. The Kier molecular flexibility index (Phi) is 6.26. The van der Waals surface area contributed by atoms with E-state index in [2.05, 4.69) is 6.92 Å². The van der Waals surface area contributed by atoms with Gasteiger partial charge < -0.3 is 20.1 Å². The molecule has 20 heavy (non-hydrogen) atoms. The zero-order valence-corrected chi connectivity index (χ0v) is 12.6. The molecular formula is C15H28N2O3. The van der Waals surface area contributed by atoms with E-state index >= 15 is 0 Å². The number of amides is 1. The molecule has 116 valence electrons. The van der Waals surface area contributed by atoms with Gasteiger partial charge in [-0.05, 0) is 31.6 Å². The molecule has 2 heterocycles. The van der Waals surface area contributed by atoms with Gasteiger partial charge in [-0.15, -0.1) is 0 Å². The lowest BCUT2D eigenvalue weighted by Gasteiger charge is -2.39. The highest BCUT2D eigenvalue weighted by atomic mass is 16.5. The van der Waals surface area contributed by atoms with Crippen molar-refractivity contribution in [2.75, 3.05) is 32.9 Å². The summed E-state index contributed by atoms with van der Waals surface area (Å²) in [5, 5.41) is 0. The molecule has 2 aliphatic heterocycles. The van der Waals surface area contributed by atoms with Crippen molar-refractivity contribution in [1.82, 2.24) is 4.90 Å². The van der Waals surface area contributed by atoms with Gasteiger partial charge >= 0.3 is 0 Å². The van der Waals surface area contributed by atoms with Gasteiger partial charge in [-0.3, -0.25) is 4.79 Å². The first-order chi connectivity index (χ1) is 9.72. The number of carbonyl (C=O) groups is 1. The molecule has 2 atom stereocenters. The molecule has 5 heteroatoms. The molecule has 2 fully saturated rings. The van der Waals surface area contributed by atoms with Gasteiger partial charge in [-0.2, -0.15) is 0 Å². The largest absolute Gasteiger partial charge is 0.381 e. The normalized spacial score (nSPS) is 28.6. The van der Waals surface area contributed by atoms with Gasteiger partial charge in [-0.25, -0.2) is 0 Å². The molecule has 0 radical (unpaired) electrons. The molecule has 0 aliphatic carbocycles. The molecular weight excluding hydrogens is 256 g/mol. The predicted octanol–water partition coefficient (Wildman–Crippen LogP) is 1.16. The monoisotopic (exact) mass is 284 g/mol. The molecule has 2 unspecified atom stereocenters. The number of carbonyl (C=O) groups excluding carboxylic acids is 1. The molecule has 2 saturated heterocycles. The average Bonchev–Trinajstić information content (AvgIpc) is 2.48. The van der Waals surface area contributed by atoms with Crippen molar-refractivity contribution in [3.63, 3.8) is 0 Å². The van der Waals surface area contributed by atoms with E-state index in [-0.39, 0.29) is 18.1 Å². The van der Waals surface area contributed by atoms with E-state index in [1.54, 1.807) is 0 Å². The fourth-order valence-electron chi connectivity index (χ4n) is 3.22. The van der Waals surface area contributed by atoms with Crippen molar-refractivity contribution in [2.45, 2.75) is 51.2 Å². The van der Waals surface area contributed by atoms with Crippen molar-refractivity contribution < 1.29 is 14.3 Å². The van der Waals surface area contributed by atoms with E-state index in [9.17, 15) is 4.79 Å². The van der Waals surface area contributed by atoms with E-state index in [1.165, 1.54) is 6.42 Å². The first-order valence-electron chi connectivity index (χ1n) is 7.91. The molecule has 1 amide bonds. The number of hydrogen-bond donors (Lipinski definition) is 1. The van der Waals surface area contributed by atoms with Gasteiger partial charge in [0, 0.05) is 32.3 Å². The fraction of sp³-hybridized carbons (Fsp3) is 0.933. The molecule has 2 rings (SSSR count). The minimum absolute atomic E-state index is 0.194. The van der Waals surface area contributed by atoms with Crippen LogP contribution in [-0.4, -0.2) is 55.9 Å². The van der Waals surface area contributed by atoms with E-state index in [0.29, 0.717) is 25.5 Å². The molecule has 0 aromatic rings. The number of rotatable bonds is 5. The highest BCUT2D eigenvalue weighted by Crippen LogP contribution is 2.23. The zero-order valence-electron chi connectivity index (χ0n) is 12.6. The minimum atomic E-state index is 0.194. The Hall–Kier alpha value is -0.650. The van der Waals surface area contributed by atoms with Crippen LogP contribution in [-0.2, 0) is 14.3 Å². The van der Waals surface area contributed by atoms with Crippen LogP contribution in [0.4, 0.5) is 0 Å². The van der Waals surface area contributed by atoms with E-state index < -0.39 is 0 Å². The van der Waals surface area contributed by atoms with Crippen LogP contribution in [0.2, 0.25) is 0 Å². The Morgan fingerprint density at radius 1 is 1.35 bits per heavy atom. The third-order valence-corrected chi connectivity index (χ3v) is 4.52. The molecule has 0 aromatic carbocycles. The first-order valence-corrected chi connectivity index (χ1v) is 7.91. The van der Waals surface area contributed by atoms with Crippen molar-refractivity contribution in [3.05, 3.63) is 0 Å². The molecule has 0 saturated carbocycles. The SMILES string of the molecule is CC1CCCN(C(=O)CCOC2CCOCC2)C1CN. The number of hydrogen-bond acceptors (Lipinski definition) is 4. The number of ether oxygens (including phenoxy) is 2. The molecule has 2 aliphatic rings. The summed E-state index contributed by atoms with van der Waals surface area (Å²) >= 11 is 0. The van der Waals surface area contributed by atoms with Crippen LogP contribution in [0.1, 0.15) is 39.0 Å². The first kappa shape index (κ1) is 15.7. The van der Waals surface area contributed by atoms with Crippen LogP contribution < -0.4 is 5.73 Å². The van der Waals surface area contributed by atoms with Gasteiger partial charge in [-0.1, -0.05) is 6.92 Å². The zero-order chi connectivity index (χ0) is 14.4. The number of nitrogens with two attached hydrogens (primary N) is 1. The topological polar surface area (TPSA) is 64.8 Å². The number of piperidine rings is 1. The van der Waals surface area contributed by atoms with Crippen LogP contribution in [0, 0.1) is 5.92 Å². The van der Waals surface area contributed by atoms with Gasteiger partial charge in [0.05, 0.1) is 19.1 Å². The van der Waals surface area contributed by atoms with Gasteiger partial charge in [0.15, 0.2) is 0 Å². The maximum atomic E-state index is 12.3. The van der Waals surface area contributed by atoms with Crippen molar-refractivity contribution in [2.24, 2.45) is 11.7 Å². The number of likely N-dealkylation sites (tertiary alicyclic amines) is 1. The Morgan fingerprint density at radius 3 is 2.80 bits per heavy atom. The van der Waals surface area contributed by atoms with E-state index in [1.807, 2.05) is 4.90 Å². The van der Waals surface area contributed by atoms with Crippen molar-refractivity contribution in [1.29, 1.82) is 0 Å². The van der Waals surface area contributed by atoms with Gasteiger partial charge in [0.25, 0.3) is 0 Å². The van der Waals surface area contributed by atoms with Crippen LogP contribution >= 0.6 is 0 Å². The second-order valence-corrected chi connectivity index (χ2v) is 5.94. The second kappa shape index (κ2) is 7.96. The minimum Gasteiger partial charge on any atom is -0.381 e. The Morgan fingerprint density at radius 2 is 2.10 bits per heavy atom. The summed E-state index contributed by atoms with van der Waals surface area (Å²) in [6, 6.07) is 0.208. The van der Waals surface area contributed by atoms with Gasteiger partial charge in [0.2, 0.25) is 5.91 Å². The maximum absolute atomic E-state index is 12.3. The summed E-state index contributed by atoms with van der Waals surface area (Å²) in [6.45, 7) is 5.67. The summed E-state index contributed by atoms with van der Waals surface area (Å²) in [5.74, 6) is 0.702. The Bertz CT molecular complexity index is 305. The van der Waals surface area contributed by atoms with E-state index in [4.69, 9.17) is 15.2 Å². The quantitative estimate of drug-likeness (QED) is 0.823. The van der Waals surface area contributed by atoms with Crippen LogP contribution in [0.3, 0.4) is 0 Å². The highest BCUT2D eigenvalue weighted by Gasteiger charge is 2.30. The summed E-state index contributed by atoms with van der Waals surface area (Å²) < 4.78 is 11.1. The van der Waals surface area contributed by atoms with Crippen molar-refractivity contribution >= 4 is 5.91 Å². The third-order valence-electron chi connectivity index (χ3n) is 4.52. The standard InChI is InChI=1S/C15H28N2O3/c1-12-3-2-7-17(14(12)11-16)15(18)6-10-20-13-4-8-19-9-5-13/h12-14H,2-11,16H2,1H3. The third kappa shape index (κ3) is 4.17. The van der Waals surface area contributed by atoms with Crippen LogP contribution in [0.25, 0.3) is 0 Å². The summed E-state index contributed by atoms with van der Waals surface area (Å²) in [6.07, 6.45) is 4.89. The van der Waals surface area contributed by atoms with Gasteiger partial charge in [0.1, 0.15) is 0 Å². The summed E-state index contributed by atoms with van der Waals surface area (Å²) in [5.41, 5.74) is 5.83. The van der Waals surface area contributed by atoms with Crippen molar-refractivity contribution in [3.8, 4) is 0 Å². The molecule has 0 aromatic heterocycles.